The first-order chi connectivity index (χ1) is 16.8. The Morgan fingerprint density at radius 2 is 1.60 bits per heavy atom. The van der Waals surface area contributed by atoms with Crippen molar-refractivity contribution < 1.29 is 19.1 Å². The molecule has 8 heteroatoms. The summed E-state index contributed by atoms with van der Waals surface area (Å²) in [5.74, 6) is -2.07. The van der Waals surface area contributed by atoms with Crippen molar-refractivity contribution in [3.05, 3.63) is 101 Å². The molecule has 4 N–H and O–H groups in total. The Bertz CT molecular complexity index is 1220. The summed E-state index contributed by atoms with van der Waals surface area (Å²) in [4.78, 5) is 40.3. The van der Waals surface area contributed by atoms with E-state index in [0.29, 0.717) is 12.2 Å². The second-order valence-corrected chi connectivity index (χ2v) is 7.85. The Labute approximate surface area is 204 Å². The third-order valence-corrected chi connectivity index (χ3v) is 5.28. The Morgan fingerprint density at radius 1 is 0.943 bits per heavy atom. The van der Waals surface area contributed by atoms with Gasteiger partial charge in [-0.1, -0.05) is 54.1 Å². The maximum absolute atomic E-state index is 13.7. The number of nitrogens with one attached hydrogen (secondary N) is 2. The van der Waals surface area contributed by atoms with Gasteiger partial charge in [0.15, 0.2) is 0 Å². The molecule has 0 radical (unpaired) electrons. The molecule has 0 heterocycles. The fourth-order valence-corrected chi connectivity index (χ4v) is 3.54. The van der Waals surface area contributed by atoms with E-state index in [2.05, 4.69) is 5.32 Å². The van der Waals surface area contributed by atoms with Crippen LogP contribution in [0.3, 0.4) is 0 Å². The quantitative estimate of drug-likeness (QED) is 0.250. The summed E-state index contributed by atoms with van der Waals surface area (Å²) in [6.45, 7) is 3.82. The number of amidine groups is 1. The number of anilines is 1. The SMILES string of the molecule is CCOC(=O)c1cccc(C(=O)N(CC(=O)NCc2ccc(C)cc2)c2ccccc2)c1C(=N)N. The molecule has 2 amide bonds. The van der Waals surface area contributed by atoms with Gasteiger partial charge < -0.3 is 15.8 Å². The van der Waals surface area contributed by atoms with Gasteiger partial charge in [0.2, 0.25) is 5.91 Å². The van der Waals surface area contributed by atoms with Crippen LogP contribution in [0.15, 0.2) is 72.8 Å². The van der Waals surface area contributed by atoms with Gasteiger partial charge in [-0.05, 0) is 43.7 Å². The van der Waals surface area contributed by atoms with Crippen LogP contribution in [-0.4, -0.2) is 36.8 Å². The van der Waals surface area contributed by atoms with E-state index < -0.39 is 17.7 Å². The number of hydrogen-bond donors (Lipinski definition) is 3. The van der Waals surface area contributed by atoms with Crippen molar-refractivity contribution in [1.29, 1.82) is 5.41 Å². The molecule has 0 aliphatic rings. The lowest BCUT2D eigenvalue weighted by Crippen LogP contribution is -2.41. The van der Waals surface area contributed by atoms with E-state index in [4.69, 9.17) is 15.9 Å². The highest BCUT2D eigenvalue weighted by Gasteiger charge is 2.27. The molecule has 0 spiro atoms. The monoisotopic (exact) mass is 472 g/mol. The lowest BCUT2D eigenvalue weighted by molar-refractivity contribution is -0.119. The zero-order valence-electron chi connectivity index (χ0n) is 19.7. The number of nitrogens with two attached hydrogens (primary N) is 1. The van der Waals surface area contributed by atoms with Crippen LogP contribution in [0.2, 0.25) is 0 Å². The molecule has 180 valence electrons. The Kier molecular flexibility index (Phi) is 8.34. The second kappa shape index (κ2) is 11.6. The minimum absolute atomic E-state index is 0.0158. The summed E-state index contributed by atoms with van der Waals surface area (Å²) < 4.78 is 5.06. The maximum atomic E-state index is 13.7. The highest BCUT2D eigenvalue weighted by molar-refractivity contribution is 6.18. The molecule has 0 saturated carbocycles. The molecule has 0 bridgehead atoms. The van der Waals surface area contributed by atoms with E-state index in [1.54, 1.807) is 37.3 Å². The zero-order chi connectivity index (χ0) is 25.4. The largest absolute Gasteiger partial charge is 0.462 e. The number of ether oxygens (including phenoxy) is 1. The van der Waals surface area contributed by atoms with Crippen molar-refractivity contribution >= 4 is 29.3 Å². The molecule has 35 heavy (non-hydrogen) atoms. The Morgan fingerprint density at radius 3 is 2.23 bits per heavy atom. The molecule has 0 aliphatic carbocycles. The van der Waals surface area contributed by atoms with Gasteiger partial charge in [0, 0.05) is 17.8 Å². The molecule has 0 aliphatic heterocycles. The van der Waals surface area contributed by atoms with Crippen molar-refractivity contribution in [3.63, 3.8) is 0 Å². The Balaban J connectivity index is 1.92. The van der Waals surface area contributed by atoms with Crippen molar-refractivity contribution in [2.45, 2.75) is 20.4 Å². The molecule has 3 aromatic carbocycles. The van der Waals surface area contributed by atoms with E-state index in [0.717, 1.165) is 11.1 Å². The van der Waals surface area contributed by atoms with Crippen molar-refractivity contribution in [1.82, 2.24) is 5.32 Å². The van der Waals surface area contributed by atoms with Gasteiger partial charge in [0.25, 0.3) is 5.91 Å². The molecule has 0 unspecified atom stereocenters. The predicted molar refractivity (Wildman–Crippen MR) is 135 cm³/mol. The number of carbonyl (C=O) groups excluding carboxylic acids is 3. The topological polar surface area (TPSA) is 126 Å². The number of nitrogen functional groups attached to an aromatic ring is 1. The van der Waals surface area contributed by atoms with Gasteiger partial charge in [0.05, 0.1) is 17.7 Å². The third-order valence-electron chi connectivity index (χ3n) is 5.28. The molecule has 3 aromatic rings. The van der Waals surface area contributed by atoms with E-state index in [1.165, 1.54) is 23.1 Å². The summed E-state index contributed by atoms with van der Waals surface area (Å²) in [5, 5.41) is 10.9. The molecule has 8 nitrogen and oxygen atoms in total. The van der Waals surface area contributed by atoms with Crippen LogP contribution in [0.1, 0.15) is 44.3 Å². The van der Waals surface area contributed by atoms with E-state index >= 15 is 0 Å². The van der Waals surface area contributed by atoms with Crippen LogP contribution in [0, 0.1) is 12.3 Å². The van der Waals surface area contributed by atoms with Crippen molar-refractivity contribution in [2.24, 2.45) is 5.73 Å². The first kappa shape index (κ1) is 25.2. The lowest BCUT2D eigenvalue weighted by Gasteiger charge is -2.24. The number of amides is 2. The zero-order valence-corrected chi connectivity index (χ0v) is 19.7. The van der Waals surface area contributed by atoms with Crippen LogP contribution in [0.25, 0.3) is 0 Å². The number of aryl methyl sites for hydroxylation is 1. The number of rotatable bonds is 9. The fraction of sp³-hybridized carbons (Fsp3) is 0.185. The number of hydrogen-bond acceptors (Lipinski definition) is 5. The molecule has 0 saturated heterocycles. The van der Waals surface area contributed by atoms with E-state index in [-0.39, 0.29) is 35.7 Å². The number of esters is 1. The predicted octanol–water partition coefficient (Wildman–Crippen LogP) is 3.42. The van der Waals surface area contributed by atoms with E-state index in [9.17, 15) is 14.4 Å². The first-order valence-electron chi connectivity index (χ1n) is 11.2. The summed E-state index contributed by atoms with van der Waals surface area (Å²) in [6, 6.07) is 20.9. The average molecular weight is 473 g/mol. The summed E-state index contributed by atoms with van der Waals surface area (Å²) in [7, 11) is 0. The maximum Gasteiger partial charge on any atom is 0.338 e. The number of benzene rings is 3. The minimum Gasteiger partial charge on any atom is -0.462 e. The number of nitrogens with zero attached hydrogens (tertiary/aromatic N) is 1. The number of carbonyl (C=O) groups is 3. The molecular formula is C27H28N4O4. The molecule has 0 fully saturated rings. The summed E-state index contributed by atoms with van der Waals surface area (Å²) in [5.41, 5.74) is 8.32. The molecular weight excluding hydrogens is 444 g/mol. The fourth-order valence-electron chi connectivity index (χ4n) is 3.54. The van der Waals surface area contributed by atoms with Crippen LogP contribution in [0.4, 0.5) is 5.69 Å². The highest BCUT2D eigenvalue weighted by atomic mass is 16.5. The van der Waals surface area contributed by atoms with Gasteiger partial charge in [-0.25, -0.2) is 4.79 Å². The summed E-state index contributed by atoms with van der Waals surface area (Å²) in [6.07, 6.45) is 0. The van der Waals surface area contributed by atoms with Crippen molar-refractivity contribution in [2.75, 3.05) is 18.1 Å². The second-order valence-electron chi connectivity index (χ2n) is 7.85. The van der Waals surface area contributed by atoms with Crippen molar-refractivity contribution in [3.8, 4) is 0 Å². The van der Waals surface area contributed by atoms with Gasteiger partial charge in [0.1, 0.15) is 12.4 Å². The Hall–Kier alpha value is -4.46. The minimum atomic E-state index is -0.686. The highest BCUT2D eigenvalue weighted by Crippen LogP contribution is 2.22. The average Bonchev–Trinajstić information content (AvgIpc) is 2.86. The van der Waals surface area contributed by atoms with Crippen LogP contribution in [-0.2, 0) is 16.1 Å². The van der Waals surface area contributed by atoms with Gasteiger partial charge in [-0.15, -0.1) is 0 Å². The van der Waals surface area contributed by atoms with Gasteiger partial charge >= 0.3 is 5.97 Å². The first-order valence-corrected chi connectivity index (χ1v) is 11.2. The molecule has 3 rings (SSSR count). The normalized spacial score (nSPS) is 10.3. The van der Waals surface area contributed by atoms with Crippen LogP contribution < -0.4 is 16.0 Å². The van der Waals surface area contributed by atoms with Gasteiger partial charge in [-0.3, -0.25) is 19.9 Å². The third kappa shape index (κ3) is 6.32. The molecule has 0 aromatic heterocycles. The lowest BCUT2D eigenvalue weighted by atomic mass is 9.98. The molecule has 0 atom stereocenters. The number of para-hydroxylation sites is 1. The smallest absolute Gasteiger partial charge is 0.338 e. The standard InChI is InChI=1S/C27H28N4O4/c1-3-35-27(34)22-11-7-10-21(24(22)25(28)29)26(33)31(20-8-5-4-6-9-20)17-23(32)30-16-19-14-12-18(2)13-15-19/h4-15H,3,16-17H2,1-2H3,(H3,28,29)(H,30,32). The van der Waals surface area contributed by atoms with Gasteiger partial charge in [-0.2, -0.15) is 0 Å². The van der Waals surface area contributed by atoms with Crippen LogP contribution in [0.5, 0.6) is 0 Å². The summed E-state index contributed by atoms with van der Waals surface area (Å²) >= 11 is 0. The van der Waals surface area contributed by atoms with E-state index in [1.807, 2.05) is 31.2 Å². The van der Waals surface area contributed by atoms with Crippen LogP contribution >= 0.6 is 0 Å².